The molecule has 0 spiro atoms. The summed E-state index contributed by atoms with van der Waals surface area (Å²) in [6.07, 6.45) is 2.42. The second-order valence-corrected chi connectivity index (χ2v) is 4.40. The number of hydrogen-bond acceptors (Lipinski definition) is 3. The van der Waals surface area contributed by atoms with Crippen molar-refractivity contribution in [3.05, 3.63) is 59.3 Å². The molecule has 2 rings (SSSR count). The van der Waals surface area contributed by atoms with E-state index >= 15 is 0 Å². The Morgan fingerprint density at radius 1 is 1.26 bits per heavy atom. The van der Waals surface area contributed by atoms with Crippen molar-refractivity contribution >= 4 is 11.7 Å². The number of benzene rings is 1. The molecule has 0 unspecified atom stereocenters. The molecule has 1 amide bonds. The van der Waals surface area contributed by atoms with Gasteiger partial charge in [-0.15, -0.1) is 0 Å². The lowest BCUT2D eigenvalue weighted by Crippen LogP contribution is -2.12. The van der Waals surface area contributed by atoms with Gasteiger partial charge in [-0.3, -0.25) is 4.79 Å². The number of nitrogens with zero attached hydrogens (tertiary/aromatic N) is 1. The van der Waals surface area contributed by atoms with Crippen LogP contribution in [0.3, 0.4) is 0 Å². The zero-order valence-electron chi connectivity index (χ0n) is 10.9. The van der Waals surface area contributed by atoms with Crippen LogP contribution in [0.5, 0.6) is 0 Å². The minimum Gasteiger partial charge on any atom is -0.370 e. The molecule has 19 heavy (non-hydrogen) atoms. The smallest absolute Gasteiger partial charge is 0.250 e. The van der Waals surface area contributed by atoms with E-state index in [1.54, 1.807) is 12.1 Å². The van der Waals surface area contributed by atoms with E-state index < -0.39 is 5.91 Å². The van der Waals surface area contributed by atoms with Crippen LogP contribution in [-0.2, 0) is 6.42 Å². The highest BCUT2D eigenvalue weighted by atomic mass is 16.1. The standard InChI is InChI=1S/C15H17N3O/c1-11-4-2-3-5-12(11)8-9-17-14-7-6-13(10-18-14)15(16)19/h2-7,10H,8-9H2,1H3,(H2,16,19)(H,17,18). The van der Waals surface area contributed by atoms with Gasteiger partial charge in [0.05, 0.1) is 5.56 Å². The van der Waals surface area contributed by atoms with Crippen LogP contribution in [0.4, 0.5) is 5.82 Å². The van der Waals surface area contributed by atoms with E-state index in [1.165, 1.54) is 17.3 Å². The first kappa shape index (κ1) is 13.1. The first-order valence-electron chi connectivity index (χ1n) is 6.21. The SMILES string of the molecule is Cc1ccccc1CCNc1ccc(C(N)=O)cn1. The summed E-state index contributed by atoms with van der Waals surface area (Å²) in [5, 5.41) is 3.22. The van der Waals surface area contributed by atoms with Crippen LogP contribution in [0.15, 0.2) is 42.6 Å². The summed E-state index contributed by atoms with van der Waals surface area (Å²) in [7, 11) is 0. The van der Waals surface area contributed by atoms with Gasteiger partial charge >= 0.3 is 0 Å². The second kappa shape index (κ2) is 6.00. The molecule has 1 aromatic carbocycles. The second-order valence-electron chi connectivity index (χ2n) is 4.40. The van der Waals surface area contributed by atoms with E-state index in [4.69, 9.17) is 5.73 Å². The van der Waals surface area contributed by atoms with Crippen molar-refractivity contribution in [1.29, 1.82) is 0 Å². The van der Waals surface area contributed by atoms with Gasteiger partial charge in [-0.05, 0) is 36.6 Å². The maximum absolute atomic E-state index is 10.9. The molecule has 2 aromatic rings. The van der Waals surface area contributed by atoms with Crippen LogP contribution in [0.1, 0.15) is 21.5 Å². The minimum absolute atomic E-state index is 0.421. The van der Waals surface area contributed by atoms with Crippen molar-refractivity contribution in [2.24, 2.45) is 5.73 Å². The molecule has 0 saturated heterocycles. The molecule has 1 aromatic heterocycles. The third-order valence-corrected chi connectivity index (χ3v) is 3.01. The van der Waals surface area contributed by atoms with Crippen molar-refractivity contribution in [2.45, 2.75) is 13.3 Å². The monoisotopic (exact) mass is 255 g/mol. The zero-order valence-corrected chi connectivity index (χ0v) is 10.9. The number of hydrogen-bond donors (Lipinski definition) is 2. The van der Waals surface area contributed by atoms with Crippen molar-refractivity contribution in [2.75, 3.05) is 11.9 Å². The highest BCUT2D eigenvalue weighted by molar-refractivity contribution is 5.92. The quantitative estimate of drug-likeness (QED) is 0.860. The van der Waals surface area contributed by atoms with Gasteiger partial charge in [-0.1, -0.05) is 24.3 Å². The summed E-state index contributed by atoms with van der Waals surface area (Å²) in [4.78, 5) is 15.1. The van der Waals surface area contributed by atoms with E-state index in [1.807, 2.05) is 12.1 Å². The highest BCUT2D eigenvalue weighted by Gasteiger charge is 2.01. The molecular weight excluding hydrogens is 238 g/mol. The summed E-state index contributed by atoms with van der Waals surface area (Å²) >= 11 is 0. The molecule has 1 heterocycles. The molecule has 0 saturated carbocycles. The van der Waals surface area contributed by atoms with Crippen molar-refractivity contribution in [3.8, 4) is 0 Å². The van der Waals surface area contributed by atoms with Crippen LogP contribution >= 0.6 is 0 Å². The first-order valence-corrected chi connectivity index (χ1v) is 6.21. The summed E-state index contributed by atoms with van der Waals surface area (Å²) in [5.41, 5.74) is 8.19. The fourth-order valence-corrected chi connectivity index (χ4v) is 1.86. The third kappa shape index (κ3) is 3.55. The van der Waals surface area contributed by atoms with Crippen LogP contribution in [-0.4, -0.2) is 17.4 Å². The maximum atomic E-state index is 10.9. The molecule has 4 nitrogen and oxygen atoms in total. The molecule has 0 fully saturated rings. The van der Waals surface area contributed by atoms with Crippen LogP contribution in [0.2, 0.25) is 0 Å². The van der Waals surface area contributed by atoms with Gasteiger partial charge in [-0.25, -0.2) is 4.98 Å². The zero-order chi connectivity index (χ0) is 13.7. The van der Waals surface area contributed by atoms with Gasteiger partial charge < -0.3 is 11.1 Å². The molecule has 0 atom stereocenters. The van der Waals surface area contributed by atoms with E-state index in [2.05, 4.69) is 29.4 Å². The summed E-state index contributed by atoms with van der Waals surface area (Å²) in [6, 6.07) is 11.7. The number of primary amides is 1. The summed E-state index contributed by atoms with van der Waals surface area (Å²) in [5.74, 6) is 0.289. The Bertz CT molecular complexity index is 564. The number of amides is 1. The molecule has 0 aliphatic heterocycles. The van der Waals surface area contributed by atoms with E-state index in [0.29, 0.717) is 5.56 Å². The lowest BCUT2D eigenvalue weighted by Gasteiger charge is -2.08. The third-order valence-electron chi connectivity index (χ3n) is 3.01. The predicted octanol–water partition coefficient (Wildman–Crippen LogP) is 2.14. The average Bonchev–Trinajstić information content (AvgIpc) is 2.41. The van der Waals surface area contributed by atoms with Crippen molar-refractivity contribution in [3.63, 3.8) is 0 Å². The Labute approximate surface area is 112 Å². The number of aromatic nitrogens is 1. The Kier molecular flexibility index (Phi) is 4.13. The van der Waals surface area contributed by atoms with Gasteiger partial charge in [-0.2, -0.15) is 0 Å². The van der Waals surface area contributed by atoms with Crippen LogP contribution in [0, 0.1) is 6.92 Å². The van der Waals surface area contributed by atoms with Crippen LogP contribution in [0.25, 0.3) is 0 Å². The molecule has 3 N–H and O–H groups in total. The lowest BCUT2D eigenvalue weighted by molar-refractivity contribution is 0.1000. The van der Waals surface area contributed by atoms with Gasteiger partial charge in [0.15, 0.2) is 0 Å². The summed E-state index contributed by atoms with van der Waals surface area (Å²) in [6.45, 7) is 2.91. The number of nitrogens with one attached hydrogen (secondary N) is 1. The molecule has 0 aliphatic rings. The van der Waals surface area contributed by atoms with Crippen molar-refractivity contribution in [1.82, 2.24) is 4.98 Å². The first-order chi connectivity index (χ1) is 9.16. The number of anilines is 1. The maximum Gasteiger partial charge on any atom is 0.250 e. The molecular formula is C15H17N3O. The topological polar surface area (TPSA) is 68.0 Å². The molecule has 4 heteroatoms. The van der Waals surface area contributed by atoms with Crippen LogP contribution < -0.4 is 11.1 Å². The number of rotatable bonds is 5. The fourth-order valence-electron chi connectivity index (χ4n) is 1.86. The van der Waals surface area contributed by atoms with Gasteiger partial charge in [0, 0.05) is 12.7 Å². The summed E-state index contributed by atoms with van der Waals surface area (Å²) < 4.78 is 0. The molecule has 0 radical (unpaired) electrons. The van der Waals surface area contributed by atoms with Gasteiger partial charge in [0.1, 0.15) is 5.82 Å². The van der Waals surface area contributed by atoms with Gasteiger partial charge in [0.25, 0.3) is 0 Å². The minimum atomic E-state index is -0.459. The average molecular weight is 255 g/mol. The largest absolute Gasteiger partial charge is 0.370 e. The molecule has 0 aliphatic carbocycles. The van der Waals surface area contributed by atoms with Crippen molar-refractivity contribution < 1.29 is 4.79 Å². The van der Waals surface area contributed by atoms with E-state index in [0.717, 1.165) is 18.8 Å². The molecule has 98 valence electrons. The van der Waals surface area contributed by atoms with E-state index in [-0.39, 0.29) is 0 Å². The highest BCUT2D eigenvalue weighted by Crippen LogP contribution is 2.09. The van der Waals surface area contributed by atoms with Gasteiger partial charge in [0.2, 0.25) is 5.91 Å². The predicted molar refractivity (Wildman–Crippen MR) is 76.1 cm³/mol. The Hall–Kier alpha value is -2.36. The number of carbonyl (C=O) groups is 1. The molecule has 0 bridgehead atoms. The Morgan fingerprint density at radius 2 is 2.05 bits per heavy atom. The number of nitrogens with two attached hydrogens (primary N) is 1. The lowest BCUT2D eigenvalue weighted by atomic mass is 10.1. The Morgan fingerprint density at radius 3 is 2.68 bits per heavy atom. The number of aryl methyl sites for hydroxylation is 1. The van der Waals surface area contributed by atoms with E-state index in [9.17, 15) is 4.79 Å². The number of pyridine rings is 1. The number of carbonyl (C=O) groups excluding carboxylic acids is 1. The normalized spacial score (nSPS) is 10.2. The Balaban J connectivity index is 1.89. The fraction of sp³-hybridized carbons (Fsp3) is 0.200.